The van der Waals surface area contributed by atoms with E-state index in [1.807, 2.05) is 20.8 Å². The molecular formula is C11H20N2O4. The first-order valence-electron chi connectivity index (χ1n) is 5.63. The number of aliphatic carboxylic acids is 1. The lowest BCUT2D eigenvalue weighted by atomic mass is 10.1. The molecule has 0 radical (unpaired) electrons. The normalized spacial score (nSPS) is 12.0. The van der Waals surface area contributed by atoms with E-state index in [-0.39, 0.29) is 18.9 Å². The molecule has 0 rings (SSSR count). The molecular weight excluding hydrogens is 224 g/mol. The van der Waals surface area contributed by atoms with Crippen LogP contribution >= 0.6 is 0 Å². The Labute approximate surface area is 101 Å². The summed E-state index contributed by atoms with van der Waals surface area (Å²) in [4.78, 5) is 32.6. The van der Waals surface area contributed by atoms with Crippen molar-refractivity contribution < 1.29 is 19.5 Å². The van der Waals surface area contributed by atoms with Gasteiger partial charge in [-0.25, -0.2) is 4.79 Å². The average molecular weight is 244 g/mol. The Morgan fingerprint density at radius 3 is 2.18 bits per heavy atom. The molecule has 17 heavy (non-hydrogen) atoms. The molecule has 98 valence electrons. The molecule has 0 aliphatic heterocycles. The largest absolute Gasteiger partial charge is 0.481 e. The highest BCUT2D eigenvalue weighted by atomic mass is 16.4. The molecule has 0 fully saturated rings. The molecule has 0 aliphatic rings. The fourth-order valence-electron chi connectivity index (χ4n) is 1.44. The molecule has 0 spiro atoms. The number of carbonyl (C=O) groups is 3. The van der Waals surface area contributed by atoms with Gasteiger partial charge in [0.15, 0.2) is 0 Å². The van der Waals surface area contributed by atoms with Crippen molar-refractivity contribution in [3.63, 3.8) is 0 Å². The van der Waals surface area contributed by atoms with Gasteiger partial charge in [0, 0.05) is 12.5 Å². The summed E-state index contributed by atoms with van der Waals surface area (Å²) in [5, 5.41) is 13.1. The Bertz CT molecular complexity index is 289. The van der Waals surface area contributed by atoms with E-state index in [0.717, 1.165) is 6.42 Å². The molecule has 1 atom stereocenters. The van der Waals surface area contributed by atoms with E-state index in [1.54, 1.807) is 0 Å². The molecule has 6 nitrogen and oxygen atoms in total. The fourth-order valence-corrected chi connectivity index (χ4v) is 1.44. The first-order chi connectivity index (χ1) is 7.81. The van der Waals surface area contributed by atoms with Gasteiger partial charge < -0.3 is 10.4 Å². The molecule has 3 amide bonds. The van der Waals surface area contributed by atoms with Crippen molar-refractivity contribution in [2.45, 2.75) is 46.1 Å². The van der Waals surface area contributed by atoms with Crippen molar-refractivity contribution in [1.82, 2.24) is 10.6 Å². The molecule has 0 aliphatic carbocycles. The Morgan fingerprint density at radius 2 is 1.71 bits per heavy atom. The smallest absolute Gasteiger partial charge is 0.321 e. The summed E-state index contributed by atoms with van der Waals surface area (Å²) in [5.74, 6) is -1.19. The molecule has 0 aromatic rings. The average Bonchev–Trinajstić information content (AvgIpc) is 2.12. The number of rotatable bonds is 6. The second-order valence-electron chi connectivity index (χ2n) is 4.45. The minimum Gasteiger partial charge on any atom is -0.481 e. The van der Waals surface area contributed by atoms with Crippen LogP contribution in [0.1, 0.15) is 40.0 Å². The third-order valence-electron chi connectivity index (χ3n) is 2.02. The molecule has 0 saturated carbocycles. The molecule has 6 heteroatoms. The molecule has 0 bridgehead atoms. The van der Waals surface area contributed by atoms with Crippen LogP contribution < -0.4 is 10.6 Å². The third kappa shape index (κ3) is 9.35. The third-order valence-corrected chi connectivity index (χ3v) is 2.02. The van der Waals surface area contributed by atoms with E-state index in [2.05, 4.69) is 10.6 Å². The molecule has 3 N–H and O–H groups in total. The Morgan fingerprint density at radius 1 is 1.12 bits per heavy atom. The molecule has 0 aromatic carbocycles. The van der Waals surface area contributed by atoms with Crippen LogP contribution in [0.4, 0.5) is 4.79 Å². The summed E-state index contributed by atoms with van der Waals surface area (Å²) in [6.45, 7) is 5.92. The maximum atomic E-state index is 11.3. The van der Waals surface area contributed by atoms with Crippen LogP contribution in [-0.4, -0.2) is 29.1 Å². The molecule has 0 saturated heterocycles. The number of amides is 3. The number of carboxylic acids is 1. The summed E-state index contributed by atoms with van der Waals surface area (Å²) in [6.07, 6.45) is 0.346. The second kappa shape index (κ2) is 7.65. The highest BCUT2D eigenvalue weighted by molar-refractivity contribution is 5.95. The quantitative estimate of drug-likeness (QED) is 0.652. The van der Waals surface area contributed by atoms with Crippen molar-refractivity contribution in [3.8, 4) is 0 Å². The van der Waals surface area contributed by atoms with Crippen LogP contribution in [0.15, 0.2) is 0 Å². The number of carboxylic acid groups (broad SMARTS) is 1. The SMILES string of the molecule is CC(C)CC(C)NC(=O)NC(=O)CCC(=O)O. The number of hydrogen-bond donors (Lipinski definition) is 3. The van der Waals surface area contributed by atoms with Gasteiger partial charge in [-0.1, -0.05) is 13.8 Å². The standard InChI is InChI=1S/C11H20N2O4/c1-7(2)6-8(3)12-11(17)13-9(14)4-5-10(15)16/h7-8H,4-6H2,1-3H3,(H,15,16)(H2,12,13,14,17). The maximum absolute atomic E-state index is 11.3. The van der Waals surface area contributed by atoms with Gasteiger partial charge in [0.05, 0.1) is 6.42 Å². The van der Waals surface area contributed by atoms with Crippen LogP contribution in [0.5, 0.6) is 0 Å². The van der Waals surface area contributed by atoms with E-state index < -0.39 is 17.9 Å². The van der Waals surface area contributed by atoms with Crippen molar-refractivity contribution >= 4 is 17.9 Å². The van der Waals surface area contributed by atoms with Gasteiger partial charge in [-0.15, -0.1) is 0 Å². The summed E-state index contributed by atoms with van der Waals surface area (Å²) >= 11 is 0. The maximum Gasteiger partial charge on any atom is 0.321 e. The first-order valence-corrected chi connectivity index (χ1v) is 5.63. The summed E-state index contributed by atoms with van der Waals surface area (Å²) < 4.78 is 0. The molecule has 0 aromatic heterocycles. The van der Waals surface area contributed by atoms with Crippen LogP contribution in [0.3, 0.4) is 0 Å². The number of carbonyl (C=O) groups excluding carboxylic acids is 2. The van der Waals surface area contributed by atoms with Gasteiger partial charge in [0.1, 0.15) is 0 Å². The van der Waals surface area contributed by atoms with E-state index in [0.29, 0.717) is 5.92 Å². The summed E-state index contributed by atoms with van der Waals surface area (Å²) in [5.41, 5.74) is 0. The lowest BCUT2D eigenvalue weighted by Gasteiger charge is -2.15. The van der Waals surface area contributed by atoms with Crippen molar-refractivity contribution in [2.24, 2.45) is 5.92 Å². The van der Waals surface area contributed by atoms with Crippen molar-refractivity contribution in [3.05, 3.63) is 0 Å². The highest BCUT2D eigenvalue weighted by Gasteiger charge is 2.12. The number of nitrogens with one attached hydrogen (secondary N) is 2. The number of urea groups is 1. The van der Waals surface area contributed by atoms with E-state index in [9.17, 15) is 14.4 Å². The highest BCUT2D eigenvalue weighted by Crippen LogP contribution is 2.03. The summed E-state index contributed by atoms with van der Waals surface area (Å²) in [7, 11) is 0. The van der Waals surface area contributed by atoms with Crippen molar-refractivity contribution in [1.29, 1.82) is 0 Å². The minimum absolute atomic E-state index is 0.0257. The fraction of sp³-hybridized carbons (Fsp3) is 0.727. The predicted octanol–water partition coefficient (Wildman–Crippen LogP) is 1.11. The van der Waals surface area contributed by atoms with E-state index >= 15 is 0 Å². The minimum atomic E-state index is -1.06. The van der Waals surface area contributed by atoms with Gasteiger partial charge in [-0.3, -0.25) is 14.9 Å². The topological polar surface area (TPSA) is 95.5 Å². The summed E-state index contributed by atoms with van der Waals surface area (Å²) in [6, 6.07) is -0.601. The monoisotopic (exact) mass is 244 g/mol. The molecule has 1 unspecified atom stereocenters. The Hall–Kier alpha value is -1.59. The van der Waals surface area contributed by atoms with Gasteiger partial charge in [-0.2, -0.15) is 0 Å². The van der Waals surface area contributed by atoms with Gasteiger partial charge in [0.2, 0.25) is 5.91 Å². The van der Waals surface area contributed by atoms with E-state index in [1.165, 1.54) is 0 Å². The number of imide groups is 1. The number of hydrogen-bond acceptors (Lipinski definition) is 3. The lowest BCUT2D eigenvalue weighted by Crippen LogP contribution is -2.43. The second-order valence-corrected chi connectivity index (χ2v) is 4.45. The van der Waals surface area contributed by atoms with Crippen LogP contribution in [0, 0.1) is 5.92 Å². The van der Waals surface area contributed by atoms with Crippen molar-refractivity contribution in [2.75, 3.05) is 0 Å². The van der Waals surface area contributed by atoms with Crippen LogP contribution in [0.2, 0.25) is 0 Å². The first kappa shape index (κ1) is 15.4. The van der Waals surface area contributed by atoms with Crippen LogP contribution in [0.25, 0.3) is 0 Å². The van der Waals surface area contributed by atoms with Gasteiger partial charge in [-0.05, 0) is 19.3 Å². The zero-order chi connectivity index (χ0) is 13.4. The Balaban J connectivity index is 3.85. The Kier molecular flexibility index (Phi) is 6.93. The van der Waals surface area contributed by atoms with Gasteiger partial charge >= 0.3 is 12.0 Å². The van der Waals surface area contributed by atoms with E-state index in [4.69, 9.17) is 5.11 Å². The zero-order valence-corrected chi connectivity index (χ0v) is 10.4. The zero-order valence-electron chi connectivity index (χ0n) is 10.4. The lowest BCUT2D eigenvalue weighted by molar-refractivity contribution is -0.138. The molecule has 0 heterocycles. The van der Waals surface area contributed by atoms with Gasteiger partial charge in [0.25, 0.3) is 0 Å². The predicted molar refractivity (Wildman–Crippen MR) is 62.5 cm³/mol. The van der Waals surface area contributed by atoms with Crippen LogP contribution in [-0.2, 0) is 9.59 Å².